The summed E-state index contributed by atoms with van der Waals surface area (Å²) in [6.45, 7) is 3.93. The molecule has 0 saturated heterocycles. The van der Waals surface area contributed by atoms with Crippen molar-refractivity contribution in [3.8, 4) is 0 Å². The minimum absolute atomic E-state index is 0.143. The molecule has 2 rings (SSSR count). The van der Waals surface area contributed by atoms with Gasteiger partial charge in [-0.1, -0.05) is 29.8 Å². The van der Waals surface area contributed by atoms with Crippen LogP contribution in [-0.2, 0) is 16.1 Å². The van der Waals surface area contributed by atoms with E-state index in [0.717, 1.165) is 11.1 Å². The average Bonchev–Trinajstić information content (AvgIpc) is 2.56. The number of nitrogens with zero attached hydrogens (tertiary/aromatic N) is 1. The van der Waals surface area contributed by atoms with Crippen molar-refractivity contribution in [1.82, 2.24) is 4.90 Å². The van der Waals surface area contributed by atoms with Crippen molar-refractivity contribution in [2.75, 3.05) is 11.9 Å². The zero-order chi connectivity index (χ0) is 18.4. The van der Waals surface area contributed by atoms with Crippen molar-refractivity contribution in [2.24, 2.45) is 0 Å². The minimum atomic E-state index is -0.325. The lowest BCUT2D eigenvalue weighted by Crippen LogP contribution is -2.31. The molecule has 0 radical (unpaired) electrons. The molecule has 0 atom stereocenters. The Balaban J connectivity index is 1.93. The van der Waals surface area contributed by atoms with Gasteiger partial charge in [0.2, 0.25) is 11.8 Å². The van der Waals surface area contributed by atoms with E-state index in [9.17, 15) is 14.0 Å². The third-order valence-corrected chi connectivity index (χ3v) is 4.05. The smallest absolute Gasteiger partial charge is 0.226 e. The van der Waals surface area contributed by atoms with E-state index in [-0.39, 0.29) is 30.6 Å². The maximum absolute atomic E-state index is 13.0. The molecule has 0 aliphatic heterocycles. The molecule has 25 heavy (non-hydrogen) atoms. The predicted molar refractivity (Wildman–Crippen MR) is 96.9 cm³/mol. The molecule has 2 amide bonds. The summed E-state index contributed by atoms with van der Waals surface area (Å²) >= 11 is 5.94. The Kier molecular flexibility index (Phi) is 6.53. The summed E-state index contributed by atoms with van der Waals surface area (Å²) in [6.07, 6.45) is 0.159. The zero-order valence-corrected chi connectivity index (χ0v) is 14.9. The predicted octanol–water partition coefficient (Wildman–Crippen LogP) is 4.16. The second kappa shape index (κ2) is 8.62. The van der Waals surface area contributed by atoms with Crippen molar-refractivity contribution in [3.63, 3.8) is 0 Å². The van der Waals surface area contributed by atoms with Crippen LogP contribution in [-0.4, -0.2) is 23.3 Å². The van der Waals surface area contributed by atoms with Gasteiger partial charge in [-0.3, -0.25) is 9.59 Å². The number of benzene rings is 2. The van der Waals surface area contributed by atoms with Crippen molar-refractivity contribution < 1.29 is 14.0 Å². The first kappa shape index (κ1) is 18.9. The number of nitrogens with one attached hydrogen (secondary N) is 1. The Labute approximate surface area is 151 Å². The van der Waals surface area contributed by atoms with Gasteiger partial charge in [-0.25, -0.2) is 4.39 Å². The van der Waals surface area contributed by atoms with Crippen LogP contribution in [0.2, 0.25) is 5.02 Å². The Bertz CT molecular complexity index is 763. The summed E-state index contributed by atoms with van der Waals surface area (Å²) in [4.78, 5) is 25.5. The van der Waals surface area contributed by atoms with Crippen LogP contribution in [0.15, 0.2) is 42.5 Å². The molecule has 0 unspecified atom stereocenters. The standard InChI is InChI=1S/C19H20ClFN2O2/c1-13-3-6-16(20)11-18(13)22-19(25)9-10-23(14(2)24)12-15-4-7-17(21)8-5-15/h3-8,11H,9-10,12H2,1-2H3,(H,22,25). The van der Waals surface area contributed by atoms with E-state index in [4.69, 9.17) is 11.6 Å². The van der Waals surface area contributed by atoms with Crippen LogP contribution >= 0.6 is 11.6 Å². The molecule has 2 aromatic rings. The molecule has 0 aliphatic rings. The lowest BCUT2D eigenvalue weighted by molar-refractivity contribution is -0.129. The number of carbonyl (C=O) groups is 2. The third-order valence-electron chi connectivity index (χ3n) is 3.81. The summed E-state index contributed by atoms with van der Waals surface area (Å²) in [5, 5.41) is 3.35. The highest BCUT2D eigenvalue weighted by Crippen LogP contribution is 2.20. The Morgan fingerprint density at radius 3 is 2.48 bits per heavy atom. The second-order valence-corrected chi connectivity index (χ2v) is 6.26. The maximum Gasteiger partial charge on any atom is 0.226 e. The normalized spacial score (nSPS) is 10.4. The fraction of sp³-hybridized carbons (Fsp3) is 0.263. The van der Waals surface area contributed by atoms with Gasteiger partial charge in [-0.15, -0.1) is 0 Å². The van der Waals surface area contributed by atoms with Crippen molar-refractivity contribution in [2.45, 2.75) is 26.8 Å². The summed E-state index contributed by atoms with van der Waals surface area (Å²) in [5.74, 6) is -0.666. The van der Waals surface area contributed by atoms with E-state index in [1.165, 1.54) is 19.1 Å². The highest BCUT2D eigenvalue weighted by Gasteiger charge is 2.13. The molecule has 0 heterocycles. The molecule has 0 fully saturated rings. The highest BCUT2D eigenvalue weighted by molar-refractivity contribution is 6.31. The molecular formula is C19H20ClFN2O2. The van der Waals surface area contributed by atoms with Gasteiger partial charge < -0.3 is 10.2 Å². The van der Waals surface area contributed by atoms with Gasteiger partial charge in [-0.05, 0) is 42.3 Å². The summed E-state index contributed by atoms with van der Waals surface area (Å²) in [5.41, 5.74) is 2.38. The van der Waals surface area contributed by atoms with Gasteiger partial charge in [0.15, 0.2) is 0 Å². The molecule has 0 spiro atoms. The SMILES string of the molecule is CC(=O)N(CCC(=O)Nc1cc(Cl)ccc1C)Cc1ccc(F)cc1. The Morgan fingerprint density at radius 1 is 1.16 bits per heavy atom. The number of rotatable bonds is 6. The quantitative estimate of drug-likeness (QED) is 0.838. The summed E-state index contributed by atoms with van der Waals surface area (Å²) in [7, 11) is 0. The topological polar surface area (TPSA) is 49.4 Å². The minimum Gasteiger partial charge on any atom is -0.338 e. The van der Waals surface area contributed by atoms with E-state index < -0.39 is 0 Å². The largest absolute Gasteiger partial charge is 0.338 e. The molecule has 132 valence electrons. The fourth-order valence-corrected chi connectivity index (χ4v) is 2.51. The van der Waals surface area contributed by atoms with Crippen LogP contribution in [0.25, 0.3) is 0 Å². The molecule has 0 aromatic heterocycles. The van der Waals surface area contributed by atoms with Gasteiger partial charge >= 0.3 is 0 Å². The third kappa shape index (κ3) is 5.87. The first-order chi connectivity index (χ1) is 11.8. The van der Waals surface area contributed by atoms with Crippen LogP contribution in [0.1, 0.15) is 24.5 Å². The number of amides is 2. The molecule has 6 heteroatoms. The van der Waals surface area contributed by atoms with Crippen molar-refractivity contribution >= 4 is 29.1 Å². The first-order valence-corrected chi connectivity index (χ1v) is 8.29. The summed E-state index contributed by atoms with van der Waals surface area (Å²) < 4.78 is 13.0. The maximum atomic E-state index is 13.0. The van der Waals surface area contributed by atoms with Crippen LogP contribution < -0.4 is 5.32 Å². The van der Waals surface area contributed by atoms with E-state index in [2.05, 4.69) is 5.32 Å². The number of halogens is 2. The molecule has 0 aliphatic carbocycles. The number of hydrogen-bond donors (Lipinski definition) is 1. The number of hydrogen-bond acceptors (Lipinski definition) is 2. The van der Waals surface area contributed by atoms with Gasteiger partial charge in [0.25, 0.3) is 0 Å². The van der Waals surface area contributed by atoms with Gasteiger partial charge in [0.05, 0.1) is 0 Å². The van der Waals surface area contributed by atoms with Crippen LogP contribution in [0, 0.1) is 12.7 Å². The van der Waals surface area contributed by atoms with E-state index >= 15 is 0 Å². The fourth-order valence-electron chi connectivity index (χ4n) is 2.34. The van der Waals surface area contributed by atoms with Crippen molar-refractivity contribution in [1.29, 1.82) is 0 Å². The average molecular weight is 363 g/mol. The number of aryl methyl sites for hydroxylation is 1. The summed E-state index contributed by atoms with van der Waals surface area (Å²) in [6, 6.07) is 11.2. The zero-order valence-electron chi connectivity index (χ0n) is 14.2. The molecule has 2 aromatic carbocycles. The molecule has 1 N–H and O–H groups in total. The number of carbonyl (C=O) groups excluding carboxylic acids is 2. The molecule has 0 saturated carbocycles. The second-order valence-electron chi connectivity index (χ2n) is 5.82. The van der Waals surface area contributed by atoms with Gasteiger partial charge in [-0.2, -0.15) is 0 Å². The van der Waals surface area contributed by atoms with E-state index in [0.29, 0.717) is 17.3 Å². The number of anilines is 1. The molecule has 0 bridgehead atoms. The Hall–Kier alpha value is -2.40. The van der Waals surface area contributed by atoms with Gasteiger partial charge in [0.1, 0.15) is 5.82 Å². The highest BCUT2D eigenvalue weighted by atomic mass is 35.5. The lowest BCUT2D eigenvalue weighted by atomic mass is 10.2. The molecular weight excluding hydrogens is 343 g/mol. The molecule has 4 nitrogen and oxygen atoms in total. The van der Waals surface area contributed by atoms with E-state index in [1.807, 2.05) is 13.0 Å². The van der Waals surface area contributed by atoms with Crippen LogP contribution in [0.5, 0.6) is 0 Å². The lowest BCUT2D eigenvalue weighted by Gasteiger charge is -2.21. The van der Waals surface area contributed by atoms with Crippen molar-refractivity contribution in [3.05, 3.63) is 64.4 Å². The first-order valence-electron chi connectivity index (χ1n) is 7.91. The van der Waals surface area contributed by atoms with E-state index in [1.54, 1.807) is 29.2 Å². The van der Waals surface area contributed by atoms with Gasteiger partial charge in [0, 0.05) is 37.1 Å². The van der Waals surface area contributed by atoms with Crippen LogP contribution in [0.3, 0.4) is 0 Å². The Morgan fingerprint density at radius 2 is 1.84 bits per heavy atom. The monoisotopic (exact) mass is 362 g/mol. The van der Waals surface area contributed by atoms with Crippen LogP contribution in [0.4, 0.5) is 10.1 Å².